The summed E-state index contributed by atoms with van der Waals surface area (Å²) in [6.45, 7) is -0.522. The van der Waals surface area contributed by atoms with Gasteiger partial charge in [-0.3, -0.25) is 19.2 Å². The van der Waals surface area contributed by atoms with E-state index in [1.807, 2.05) is 0 Å². The van der Waals surface area contributed by atoms with E-state index in [1.165, 1.54) is 40.7 Å². The van der Waals surface area contributed by atoms with Crippen LogP contribution in [0.2, 0.25) is 0 Å². The normalized spacial score (nSPS) is 16.0. The number of para-hydroxylation sites is 1. The Bertz CT molecular complexity index is 1170. The lowest BCUT2D eigenvalue weighted by molar-refractivity contribution is -0.385. The lowest BCUT2D eigenvalue weighted by Gasteiger charge is -2.25. The molecule has 0 fully saturated rings. The average molecular weight is 471 g/mol. The molecule has 1 aliphatic rings. The number of hydrogen-bond acceptors (Lipinski definition) is 5. The van der Waals surface area contributed by atoms with E-state index >= 15 is 0 Å². The molecule has 1 unspecified atom stereocenters. The predicted octanol–water partition coefficient (Wildman–Crippen LogP) is 3.51. The fourth-order valence-corrected chi connectivity index (χ4v) is 5.13. The van der Waals surface area contributed by atoms with Crippen molar-refractivity contribution in [3.8, 4) is 0 Å². The third kappa shape index (κ3) is 5.01. The van der Waals surface area contributed by atoms with Crippen molar-refractivity contribution in [2.24, 2.45) is 0 Å². The summed E-state index contributed by atoms with van der Waals surface area (Å²) in [5.74, 6) is -0.964. The van der Waals surface area contributed by atoms with E-state index in [0.717, 1.165) is 12.3 Å². The SMILES string of the molecule is CC1Cc2cc(C(=O)N(Cc3ccccc3[N+](=O)[O-])CC(F)(F)F)ccc2N1S(C)(=O)=O. The molecule has 1 atom stereocenters. The van der Waals surface area contributed by atoms with Crippen molar-refractivity contribution in [2.45, 2.75) is 32.1 Å². The maximum atomic E-state index is 13.2. The Labute approximate surface area is 182 Å². The zero-order valence-electron chi connectivity index (χ0n) is 17.2. The van der Waals surface area contributed by atoms with E-state index in [9.17, 15) is 36.5 Å². The number of nitrogens with zero attached hydrogens (tertiary/aromatic N) is 3. The van der Waals surface area contributed by atoms with Crippen LogP contribution in [0.3, 0.4) is 0 Å². The summed E-state index contributed by atoms with van der Waals surface area (Å²) in [5.41, 5.74) is 0.408. The summed E-state index contributed by atoms with van der Waals surface area (Å²) in [4.78, 5) is 24.0. The molecule has 0 radical (unpaired) electrons. The van der Waals surface area contributed by atoms with Crippen molar-refractivity contribution in [1.82, 2.24) is 4.90 Å². The Morgan fingerprint density at radius 2 is 1.91 bits per heavy atom. The molecule has 172 valence electrons. The van der Waals surface area contributed by atoms with Gasteiger partial charge in [0.2, 0.25) is 10.0 Å². The Kier molecular flexibility index (Phi) is 6.18. The number of hydrogen-bond donors (Lipinski definition) is 0. The predicted molar refractivity (Wildman–Crippen MR) is 111 cm³/mol. The number of carbonyl (C=O) groups excluding carboxylic acids is 1. The molecule has 1 heterocycles. The summed E-state index contributed by atoms with van der Waals surface area (Å²) in [5, 5.41) is 11.2. The number of anilines is 1. The molecule has 0 spiro atoms. The molecule has 0 saturated heterocycles. The molecule has 1 aliphatic heterocycles. The number of nitro groups is 1. The highest BCUT2D eigenvalue weighted by atomic mass is 32.2. The quantitative estimate of drug-likeness (QED) is 0.474. The van der Waals surface area contributed by atoms with Gasteiger partial charge in [-0.2, -0.15) is 13.2 Å². The first-order chi connectivity index (χ1) is 14.8. The van der Waals surface area contributed by atoms with Crippen molar-refractivity contribution >= 4 is 27.3 Å². The highest BCUT2D eigenvalue weighted by Crippen LogP contribution is 2.35. The van der Waals surface area contributed by atoms with Crippen LogP contribution in [0.4, 0.5) is 24.5 Å². The van der Waals surface area contributed by atoms with Gasteiger partial charge in [-0.05, 0) is 37.1 Å². The highest BCUT2D eigenvalue weighted by molar-refractivity contribution is 7.92. The Morgan fingerprint density at radius 1 is 1.25 bits per heavy atom. The molecule has 0 aliphatic carbocycles. The number of alkyl halides is 3. The van der Waals surface area contributed by atoms with Gasteiger partial charge in [0.1, 0.15) is 6.54 Å². The molecule has 0 N–H and O–H groups in total. The van der Waals surface area contributed by atoms with Crippen LogP contribution in [0.5, 0.6) is 0 Å². The molecule has 32 heavy (non-hydrogen) atoms. The monoisotopic (exact) mass is 471 g/mol. The minimum Gasteiger partial charge on any atom is -0.325 e. The zero-order chi connectivity index (χ0) is 23.8. The third-order valence-corrected chi connectivity index (χ3v) is 6.31. The number of halogens is 3. The summed E-state index contributed by atoms with van der Waals surface area (Å²) < 4.78 is 64.9. The number of fused-ring (bicyclic) bond motifs is 1. The van der Waals surface area contributed by atoms with Gasteiger partial charge in [-0.15, -0.1) is 0 Å². The highest BCUT2D eigenvalue weighted by Gasteiger charge is 2.36. The third-order valence-electron chi connectivity index (χ3n) is 5.04. The number of nitro benzene ring substituents is 1. The average Bonchev–Trinajstić information content (AvgIpc) is 3.01. The Balaban J connectivity index is 1.97. The van der Waals surface area contributed by atoms with Crippen LogP contribution in [0, 0.1) is 10.1 Å². The van der Waals surface area contributed by atoms with Crippen molar-refractivity contribution < 1.29 is 31.3 Å². The van der Waals surface area contributed by atoms with Crippen molar-refractivity contribution in [3.05, 3.63) is 69.3 Å². The fourth-order valence-electron chi connectivity index (χ4n) is 3.87. The minimum atomic E-state index is -4.72. The van der Waals surface area contributed by atoms with Crippen molar-refractivity contribution in [1.29, 1.82) is 0 Å². The van der Waals surface area contributed by atoms with Gasteiger partial charge in [0.05, 0.1) is 23.4 Å². The molecule has 0 bridgehead atoms. The van der Waals surface area contributed by atoms with E-state index in [-0.39, 0.29) is 16.8 Å². The molecule has 0 aromatic heterocycles. The van der Waals surface area contributed by atoms with Gasteiger partial charge in [-0.1, -0.05) is 18.2 Å². The molecule has 0 saturated carbocycles. The number of benzene rings is 2. The zero-order valence-corrected chi connectivity index (χ0v) is 18.0. The van der Waals surface area contributed by atoms with Crippen LogP contribution in [0.1, 0.15) is 28.4 Å². The summed E-state index contributed by atoms with van der Waals surface area (Å²) >= 11 is 0. The lowest BCUT2D eigenvalue weighted by atomic mass is 10.1. The number of rotatable bonds is 6. The van der Waals surface area contributed by atoms with Gasteiger partial charge >= 0.3 is 6.18 Å². The van der Waals surface area contributed by atoms with Crippen molar-refractivity contribution in [3.63, 3.8) is 0 Å². The first-order valence-electron chi connectivity index (χ1n) is 9.48. The smallest absolute Gasteiger partial charge is 0.325 e. The van der Waals surface area contributed by atoms with Gasteiger partial charge in [0.25, 0.3) is 11.6 Å². The molecule has 1 amide bonds. The van der Waals surface area contributed by atoms with E-state index in [4.69, 9.17) is 0 Å². The first-order valence-corrected chi connectivity index (χ1v) is 11.3. The second-order valence-electron chi connectivity index (χ2n) is 7.62. The molecular formula is C20H20F3N3O5S. The van der Waals surface area contributed by atoms with E-state index in [1.54, 1.807) is 6.92 Å². The van der Waals surface area contributed by atoms with E-state index in [2.05, 4.69) is 0 Å². The summed E-state index contributed by atoms with van der Waals surface area (Å²) in [7, 11) is -3.57. The minimum absolute atomic E-state index is 0.0341. The molecule has 3 rings (SSSR count). The van der Waals surface area contributed by atoms with Crippen LogP contribution in [-0.4, -0.2) is 49.2 Å². The maximum Gasteiger partial charge on any atom is 0.406 e. The van der Waals surface area contributed by atoms with Crippen LogP contribution < -0.4 is 4.31 Å². The fraction of sp³-hybridized carbons (Fsp3) is 0.350. The van der Waals surface area contributed by atoms with Crippen LogP contribution >= 0.6 is 0 Å². The van der Waals surface area contributed by atoms with Crippen LogP contribution in [0.25, 0.3) is 0 Å². The molecule has 2 aromatic rings. The van der Waals surface area contributed by atoms with Gasteiger partial charge in [0.15, 0.2) is 0 Å². The van der Waals surface area contributed by atoms with E-state index in [0.29, 0.717) is 22.6 Å². The lowest BCUT2D eigenvalue weighted by Crippen LogP contribution is -2.38. The first kappa shape index (κ1) is 23.5. The Morgan fingerprint density at radius 3 is 2.50 bits per heavy atom. The standard InChI is InChI=1S/C20H20F3N3O5S/c1-13-9-16-10-14(7-8-17(16)25(13)32(2,30)31)19(27)24(12-20(21,22)23)11-15-5-3-4-6-18(15)26(28)29/h3-8,10,13H,9,11-12H2,1-2H3. The van der Waals surface area contributed by atoms with Gasteiger partial charge in [-0.25, -0.2) is 8.42 Å². The molecule has 8 nitrogen and oxygen atoms in total. The largest absolute Gasteiger partial charge is 0.406 e. The molecule has 12 heteroatoms. The molecular weight excluding hydrogens is 451 g/mol. The second kappa shape index (κ2) is 8.41. The maximum absolute atomic E-state index is 13.2. The summed E-state index contributed by atoms with van der Waals surface area (Å²) in [6, 6.07) is 8.91. The van der Waals surface area contributed by atoms with Crippen LogP contribution in [0.15, 0.2) is 42.5 Å². The number of amides is 1. The van der Waals surface area contributed by atoms with E-state index < -0.39 is 46.2 Å². The number of sulfonamides is 1. The van der Waals surface area contributed by atoms with Gasteiger partial charge < -0.3 is 4.90 Å². The van der Waals surface area contributed by atoms with Crippen LogP contribution in [-0.2, 0) is 23.0 Å². The second-order valence-corrected chi connectivity index (χ2v) is 9.48. The number of carbonyl (C=O) groups is 1. The van der Waals surface area contributed by atoms with Gasteiger partial charge in [0, 0.05) is 23.2 Å². The van der Waals surface area contributed by atoms with Crippen molar-refractivity contribution in [2.75, 3.05) is 17.1 Å². The summed E-state index contributed by atoms with van der Waals surface area (Å²) in [6.07, 6.45) is -3.38. The Hall–Kier alpha value is -3.15. The topological polar surface area (TPSA) is 101 Å². The molecule has 2 aromatic carbocycles.